The van der Waals surface area contributed by atoms with Crippen LogP contribution in [-0.2, 0) is 9.53 Å². The minimum absolute atomic E-state index is 0.0767. The summed E-state index contributed by atoms with van der Waals surface area (Å²) >= 11 is 0. The summed E-state index contributed by atoms with van der Waals surface area (Å²) in [6.45, 7) is 7.35. The van der Waals surface area contributed by atoms with Crippen LogP contribution in [0.15, 0.2) is 0 Å². The molecule has 100 valence electrons. The van der Waals surface area contributed by atoms with Crippen LogP contribution >= 0.6 is 0 Å². The van der Waals surface area contributed by atoms with Crippen LogP contribution in [0.1, 0.15) is 52.9 Å². The van der Waals surface area contributed by atoms with E-state index in [1.807, 2.05) is 6.92 Å². The minimum atomic E-state index is -0.126. The Bertz CT molecular complexity index is 247. The molecular formula is C14H27NO2. The van der Waals surface area contributed by atoms with Gasteiger partial charge in [-0.05, 0) is 25.2 Å². The van der Waals surface area contributed by atoms with Gasteiger partial charge in [-0.15, -0.1) is 0 Å². The Morgan fingerprint density at radius 1 is 1.29 bits per heavy atom. The number of carbonyl (C=O) groups is 1. The van der Waals surface area contributed by atoms with E-state index in [2.05, 4.69) is 19.2 Å². The highest BCUT2D eigenvalue weighted by atomic mass is 16.5. The number of ether oxygens (including phenoxy) is 1. The molecule has 0 amide bonds. The molecule has 1 aliphatic rings. The first-order valence-electron chi connectivity index (χ1n) is 6.80. The molecule has 3 heteroatoms. The van der Waals surface area contributed by atoms with E-state index in [4.69, 9.17) is 4.74 Å². The van der Waals surface area contributed by atoms with Gasteiger partial charge >= 0.3 is 5.97 Å². The van der Waals surface area contributed by atoms with E-state index >= 15 is 0 Å². The number of hydrogen-bond donors (Lipinski definition) is 1. The zero-order valence-corrected chi connectivity index (χ0v) is 11.7. The van der Waals surface area contributed by atoms with Gasteiger partial charge in [-0.25, -0.2) is 0 Å². The monoisotopic (exact) mass is 241 g/mol. The standard InChI is InChI=1S/C14H27NO2/c1-11(13(16)17-4)12(2)15-10-14(3)8-6-5-7-9-14/h11-12,15H,5-10H2,1-4H3. The first kappa shape index (κ1) is 14.5. The molecule has 0 heterocycles. The van der Waals surface area contributed by atoms with Gasteiger partial charge in [-0.2, -0.15) is 0 Å². The predicted molar refractivity (Wildman–Crippen MR) is 69.8 cm³/mol. The number of rotatable bonds is 5. The molecule has 1 aliphatic carbocycles. The van der Waals surface area contributed by atoms with Crippen LogP contribution < -0.4 is 5.32 Å². The van der Waals surface area contributed by atoms with E-state index in [9.17, 15) is 4.79 Å². The molecule has 2 unspecified atom stereocenters. The fourth-order valence-electron chi connectivity index (χ4n) is 2.56. The molecule has 0 spiro atoms. The van der Waals surface area contributed by atoms with Crippen molar-refractivity contribution in [2.45, 2.75) is 58.9 Å². The summed E-state index contributed by atoms with van der Waals surface area (Å²) in [6.07, 6.45) is 6.68. The van der Waals surface area contributed by atoms with E-state index in [0.717, 1.165) is 6.54 Å². The van der Waals surface area contributed by atoms with Gasteiger partial charge in [0.25, 0.3) is 0 Å². The van der Waals surface area contributed by atoms with Crippen LogP contribution in [-0.4, -0.2) is 25.7 Å². The number of hydrogen-bond acceptors (Lipinski definition) is 3. The van der Waals surface area contributed by atoms with E-state index in [0.29, 0.717) is 5.41 Å². The quantitative estimate of drug-likeness (QED) is 0.752. The van der Waals surface area contributed by atoms with Crippen molar-refractivity contribution in [1.29, 1.82) is 0 Å². The second kappa shape index (κ2) is 6.39. The summed E-state index contributed by atoms with van der Waals surface area (Å²) in [4.78, 5) is 11.4. The number of methoxy groups -OCH3 is 1. The number of nitrogens with one attached hydrogen (secondary N) is 1. The maximum absolute atomic E-state index is 11.4. The van der Waals surface area contributed by atoms with Crippen LogP contribution in [0.5, 0.6) is 0 Å². The molecule has 0 bridgehead atoms. The molecule has 1 rings (SSSR count). The smallest absolute Gasteiger partial charge is 0.309 e. The average molecular weight is 241 g/mol. The SMILES string of the molecule is COC(=O)C(C)C(C)NCC1(C)CCCCC1. The van der Waals surface area contributed by atoms with Gasteiger partial charge in [-0.3, -0.25) is 4.79 Å². The third-order valence-corrected chi connectivity index (χ3v) is 4.23. The van der Waals surface area contributed by atoms with E-state index in [1.165, 1.54) is 39.2 Å². The van der Waals surface area contributed by atoms with Gasteiger partial charge in [-0.1, -0.05) is 33.1 Å². The lowest BCUT2D eigenvalue weighted by Gasteiger charge is -2.35. The summed E-state index contributed by atoms with van der Waals surface area (Å²) in [5, 5.41) is 3.51. The van der Waals surface area contributed by atoms with Gasteiger partial charge in [0.15, 0.2) is 0 Å². The Hall–Kier alpha value is -0.570. The Labute approximate surface area is 105 Å². The molecule has 1 fully saturated rings. The van der Waals surface area contributed by atoms with Crippen molar-refractivity contribution in [2.75, 3.05) is 13.7 Å². The lowest BCUT2D eigenvalue weighted by Crippen LogP contribution is -2.43. The molecule has 17 heavy (non-hydrogen) atoms. The van der Waals surface area contributed by atoms with Crippen LogP contribution in [0.3, 0.4) is 0 Å². The molecule has 3 nitrogen and oxygen atoms in total. The topological polar surface area (TPSA) is 38.3 Å². The Morgan fingerprint density at radius 3 is 2.41 bits per heavy atom. The fourth-order valence-corrected chi connectivity index (χ4v) is 2.56. The molecule has 0 saturated heterocycles. The number of carbonyl (C=O) groups excluding carboxylic acids is 1. The molecular weight excluding hydrogens is 214 g/mol. The van der Waals surface area contributed by atoms with Crippen LogP contribution in [0.2, 0.25) is 0 Å². The second-order valence-electron chi connectivity index (χ2n) is 5.85. The molecule has 0 aliphatic heterocycles. The van der Waals surface area contributed by atoms with Crippen molar-refractivity contribution in [3.05, 3.63) is 0 Å². The normalized spacial score (nSPS) is 22.8. The summed E-state index contributed by atoms with van der Waals surface area (Å²) in [6, 6.07) is 0.182. The summed E-state index contributed by atoms with van der Waals surface area (Å²) in [7, 11) is 1.45. The molecule has 0 aromatic rings. The van der Waals surface area contributed by atoms with Crippen molar-refractivity contribution in [3.63, 3.8) is 0 Å². The third kappa shape index (κ3) is 4.30. The zero-order valence-electron chi connectivity index (χ0n) is 11.7. The first-order chi connectivity index (χ1) is 7.98. The zero-order chi connectivity index (χ0) is 12.9. The molecule has 1 N–H and O–H groups in total. The second-order valence-corrected chi connectivity index (χ2v) is 5.85. The van der Waals surface area contributed by atoms with Gasteiger partial charge in [0.1, 0.15) is 0 Å². The lowest BCUT2D eigenvalue weighted by molar-refractivity contribution is -0.145. The first-order valence-corrected chi connectivity index (χ1v) is 6.80. The van der Waals surface area contributed by atoms with Crippen molar-refractivity contribution < 1.29 is 9.53 Å². The summed E-state index contributed by atoms with van der Waals surface area (Å²) < 4.78 is 4.77. The summed E-state index contributed by atoms with van der Waals surface area (Å²) in [5.41, 5.74) is 0.419. The van der Waals surface area contributed by atoms with E-state index < -0.39 is 0 Å². The highest BCUT2D eigenvalue weighted by Gasteiger charge is 2.28. The fraction of sp³-hybridized carbons (Fsp3) is 0.929. The van der Waals surface area contributed by atoms with Crippen LogP contribution in [0, 0.1) is 11.3 Å². The Balaban J connectivity index is 2.36. The maximum Gasteiger partial charge on any atom is 0.309 e. The lowest BCUT2D eigenvalue weighted by atomic mass is 9.75. The van der Waals surface area contributed by atoms with Gasteiger partial charge in [0.05, 0.1) is 13.0 Å². The van der Waals surface area contributed by atoms with Crippen molar-refractivity contribution >= 4 is 5.97 Å². The molecule has 0 aromatic heterocycles. The van der Waals surface area contributed by atoms with Gasteiger partial charge in [0, 0.05) is 12.6 Å². The largest absolute Gasteiger partial charge is 0.469 e. The van der Waals surface area contributed by atoms with E-state index in [-0.39, 0.29) is 17.9 Å². The van der Waals surface area contributed by atoms with Gasteiger partial charge < -0.3 is 10.1 Å². The molecule has 2 atom stereocenters. The Kier molecular flexibility index (Phi) is 5.44. The molecule has 1 saturated carbocycles. The van der Waals surface area contributed by atoms with E-state index in [1.54, 1.807) is 0 Å². The Morgan fingerprint density at radius 2 is 1.88 bits per heavy atom. The highest BCUT2D eigenvalue weighted by molar-refractivity contribution is 5.72. The highest BCUT2D eigenvalue weighted by Crippen LogP contribution is 2.35. The predicted octanol–water partition coefficient (Wildman–Crippen LogP) is 2.74. The van der Waals surface area contributed by atoms with Crippen molar-refractivity contribution in [3.8, 4) is 0 Å². The average Bonchev–Trinajstić information content (AvgIpc) is 2.35. The van der Waals surface area contributed by atoms with Crippen molar-refractivity contribution in [1.82, 2.24) is 5.32 Å². The molecule has 0 aromatic carbocycles. The van der Waals surface area contributed by atoms with Gasteiger partial charge in [0.2, 0.25) is 0 Å². The molecule has 0 radical (unpaired) electrons. The van der Waals surface area contributed by atoms with Crippen LogP contribution in [0.4, 0.5) is 0 Å². The summed E-state index contributed by atoms with van der Waals surface area (Å²) in [5.74, 6) is -0.203. The van der Waals surface area contributed by atoms with Crippen molar-refractivity contribution in [2.24, 2.45) is 11.3 Å². The maximum atomic E-state index is 11.4. The minimum Gasteiger partial charge on any atom is -0.469 e. The number of esters is 1. The van der Waals surface area contributed by atoms with Crippen LogP contribution in [0.25, 0.3) is 0 Å². The third-order valence-electron chi connectivity index (χ3n) is 4.23.